The Morgan fingerprint density at radius 3 is 2.55 bits per heavy atom. The van der Waals surface area contributed by atoms with Crippen molar-refractivity contribution in [1.29, 1.82) is 0 Å². The third-order valence-electron chi connectivity index (χ3n) is 5.64. The number of para-hydroxylation sites is 1. The van der Waals surface area contributed by atoms with Gasteiger partial charge >= 0.3 is 5.97 Å². The van der Waals surface area contributed by atoms with Crippen molar-refractivity contribution in [2.45, 2.75) is 26.8 Å². The molecule has 7 nitrogen and oxygen atoms in total. The van der Waals surface area contributed by atoms with Gasteiger partial charge in [0.25, 0.3) is 11.5 Å². The van der Waals surface area contributed by atoms with E-state index in [9.17, 15) is 14.4 Å². The molecule has 0 saturated heterocycles. The number of carbonyl (C=O) groups excluding carboxylic acids is 2. The van der Waals surface area contributed by atoms with Gasteiger partial charge in [-0.05, 0) is 36.9 Å². The zero-order valence-electron chi connectivity index (χ0n) is 18.7. The highest BCUT2D eigenvalue weighted by Gasteiger charge is 2.18. The lowest BCUT2D eigenvalue weighted by atomic mass is 10.1. The van der Waals surface area contributed by atoms with Crippen molar-refractivity contribution >= 4 is 39.2 Å². The van der Waals surface area contributed by atoms with Crippen molar-refractivity contribution in [3.05, 3.63) is 82.9 Å². The standard InChI is InChI=1S/C26H25N3O4/c1-3-29(22-13-7-10-19-9-4-5-11-20(19)22)23(30)16-33-24(31)14-15-28-17-27-25-18(2)8-6-12-21(25)26(28)32/h4-13,17H,3,14-16H2,1-2H3. The highest BCUT2D eigenvalue weighted by molar-refractivity contribution is 6.04. The van der Waals surface area contributed by atoms with E-state index in [0.717, 1.165) is 22.0 Å². The SMILES string of the molecule is CCN(C(=O)COC(=O)CCn1cnc2c(C)cccc2c1=O)c1cccc2ccccc12. The smallest absolute Gasteiger partial charge is 0.308 e. The van der Waals surface area contributed by atoms with Gasteiger partial charge in [0.1, 0.15) is 0 Å². The minimum atomic E-state index is -0.548. The first-order valence-corrected chi connectivity index (χ1v) is 10.9. The minimum absolute atomic E-state index is 0.0351. The van der Waals surface area contributed by atoms with Crippen LogP contribution in [-0.2, 0) is 20.9 Å². The molecule has 1 amide bonds. The van der Waals surface area contributed by atoms with Gasteiger partial charge in [-0.15, -0.1) is 0 Å². The highest BCUT2D eigenvalue weighted by Crippen LogP contribution is 2.26. The maximum atomic E-state index is 12.8. The molecule has 1 aromatic heterocycles. The first-order valence-electron chi connectivity index (χ1n) is 10.9. The Morgan fingerprint density at radius 1 is 1.00 bits per heavy atom. The quantitative estimate of drug-likeness (QED) is 0.405. The summed E-state index contributed by atoms with van der Waals surface area (Å²) >= 11 is 0. The van der Waals surface area contributed by atoms with E-state index in [-0.39, 0.29) is 31.0 Å². The van der Waals surface area contributed by atoms with E-state index in [4.69, 9.17) is 4.74 Å². The Balaban J connectivity index is 1.39. The molecule has 0 unspecified atom stereocenters. The predicted octanol–water partition coefficient (Wildman–Crippen LogP) is 3.84. The summed E-state index contributed by atoms with van der Waals surface area (Å²) in [7, 11) is 0. The van der Waals surface area contributed by atoms with Crippen LogP contribution in [0.4, 0.5) is 5.69 Å². The van der Waals surface area contributed by atoms with Crippen molar-refractivity contribution in [3.8, 4) is 0 Å². The van der Waals surface area contributed by atoms with Gasteiger partial charge in [0.05, 0.1) is 29.3 Å². The Labute approximate surface area is 191 Å². The maximum Gasteiger partial charge on any atom is 0.308 e. The Morgan fingerprint density at radius 2 is 1.73 bits per heavy atom. The first kappa shape index (κ1) is 22.2. The number of fused-ring (bicyclic) bond motifs is 2. The molecule has 0 saturated carbocycles. The number of benzene rings is 3. The van der Waals surface area contributed by atoms with E-state index in [1.54, 1.807) is 17.0 Å². The number of esters is 1. The van der Waals surface area contributed by atoms with Crippen LogP contribution < -0.4 is 10.5 Å². The van der Waals surface area contributed by atoms with Crippen LogP contribution >= 0.6 is 0 Å². The van der Waals surface area contributed by atoms with E-state index in [1.807, 2.05) is 62.4 Å². The molecular weight excluding hydrogens is 418 g/mol. The molecule has 0 aliphatic carbocycles. The van der Waals surface area contributed by atoms with Gasteiger partial charge in [0.15, 0.2) is 6.61 Å². The highest BCUT2D eigenvalue weighted by atomic mass is 16.5. The molecule has 3 aromatic carbocycles. The number of likely N-dealkylation sites (N-methyl/N-ethyl adjacent to an activating group) is 1. The number of carbonyl (C=O) groups is 2. The monoisotopic (exact) mass is 443 g/mol. The van der Waals surface area contributed by atoms with E-state index in [0.29, 0.717) is 17.4 Å². The van der Waals surface area contributed by atoms with Gasteiger partial charge in [-0.25, -0.2) is 4.98 Å². The summed E-state index contributed by atoms with van der Waals surface area (Å²) in [5, 5.41) is 2.50. The molecule has 168 valence electrons. The third kappa shape index (κ3) is 4.62. The van der Waals surface area contributed by atoms with Crippen molar-refractivity contribution in [2.75, 3.05) is 18.1 Å². The van der Waals surface area contributed by atoms with E-state index in [1.165, 1.54) is 10.9 Å². The fourth-order valence-corrected chi connectivity index (χ4v) is 3.93. The molecule has 0 N–H and O–H groups in total. The van der Waals surface area contributed by atoms with Crippen LogP contribution in [-0.4, -0.2) is 34.6 Å². The summed E-state index contributed by atoms with van der Waals surface area (Å²) in [5.41, 5.74) is 2.14. The molecule has 4 rings (SSSR count). The maximum absolute atomic E-state index is 12.8. The number of aromatic nitrogens is 2. The molecule has 33 heavy (non-hydrogen) atoms. The largest absolute Gasteiger partial charge is 0.455 e. The molecule has 4 aromatic rings. The van der Waals surface area contributed by atoms with E-state index in [2.05, 4.69) is 4.98 Å². The fraction of sp³-hybridized carbons (Fsp3) is 0.231. The van der Waals surface area contributed by atoms with Gasteiger partial charge in [-0.1, -0.05) is 48.5 Å². The lowest BCUT2D eigenvalue weighted by molar-refractivity contribution is -0.148. The molecule has 0 radical (unpaired) electrons. The van der Waals surface area contributed by atoms with Gasteiger partial charge < -0.3 is 9.64 Å². The number of nitrogens with zero attached hydrogens (tertiary/aromatic N) is 3. The van der Waals surface area contributed by atoms with Crippen molar-refractivity contribution in [3.63, 3.8) is 0 Å². The van der Waals surface area contributed by atoms with Crippen LogP contribution in [0, 0.1) is 6.92 Å². The minimum Gasteiger partial charge on any atom is -0.455 e. The topological polar surface area (TPSA) is 81.5 Å². The normalized spacial score (nSPS) is 11.0. The molecule has 7 heteroatoms. The van der Waals surface area contributed by atoms with E-state index >= 15 is 0 Å². The molecule has 0 atom stereocenters. The zero-order valence-corrected chi connectivity index (χ0v) is 18.7. The van der Waals surface area contributed by atoms with E-state index < -0.39 is 5.97 Å². The van der Waals surface area contributed by atoms with Gasteiger partial charge in [-0.3, -0.25) is 19.0 Å². The molecule has 0 fully saturated rings. The molecule has 0 bridgehead atoms. The second-order valence-electron chi connectivity index (χ2n) is 7.76. The number of aryl methyl sites for hydroxylation is 2. The van der Waals surface area contributed by atoms with Crippen LogP contribution in [0.3, 0.4) is 0 Å². The average molecular weight is 444 g/mol. The van der Waals surface area contributed by atoms with Gasteiger partial charge in [0.2, 0.25) is 0 Å². The Kier molecular flexibility index (Phi) is 6.49. The molecule has 0 spiro atoms. The van der Waals surface area contributed by atoms with Crippen LogP contribution in [0.2, 0.25) is 0 Å². The van der Waals surface area contributed by atoms with Crippen molar-refractivity contribution in [2.24, 2.45) is 0 Å². The summed E-state index contributed by atoms with van der Waals surface area (Å²) in [6.45, 7) is 3.99. The summed E-state index contributed by atoms with van der Waals surface area (Å²) in [5.74, 6) is -0.851. The second-order valence-corrected chi connectivity index (χ2v) is 7.76. The third-order valence-corrected chi connectivity index (χ3v) is 5.64. The summed E-state index contributed by atoms with van der Waals surface area (Å²) in [4.78, 5) is 43.7. The molecule has 1 heterocycles. The molecular formula is C26H25N3O4. The number of anilines is 1. The van der Waals surface area contributed by atoms with Crippen LogP contribution in [0.15, 0.2) is 71.8 Å². The number of rotatable bonds is 7. The Hall–Kier alpha value is -4.00. The number of hydrogen-bond acceptors (Lipinski definition) is 5. The lowest BCUT2D eigenvalue weighted by Crippen LogP contribution is -2.34. The zero-order chi connectivity index (χ0) is 23.4. The summed E-state index contributed by atoms with van der Waals surface area (Å²) < 4.78 is 6.61. The second kappa shape index (κ2) is 9.65. The average Bonchev–Trinajstić information content (AvgIpc) is 2.83. The Bertz CT molecular complexity index is 1390. The lowest BCUT2D eigenvalue weighted by Gasteiger charge is -2.22. The molecule has 0 aliphatic heterocycles. The number of amides is 1. The fourth-order valence-electron chi connectivity index (χ4n) is 3.93. The van der Waals surface area contributed by atoms with Crippen LogP contribution in [0.5, 0.6) is 0 Å². The van der Waals surface area contributed by atoms with Crippen molar-refractivity contribution in [1.82, 2.24) is 9.55 Å². The van der Waals surface area contributed by atoms with Gasteiger partial charge in [0, 0.05) is 18.5 Å². The predicted molar refractivity (Wildman–Crippen MR) is 128 cm³/mol. The van der Waals surface area contributed by atoms with Crippen LogP contribution in [0.25, 0.3) is 21.7 Å². The number of hydrogen-bond donors (Lipinski definition) is 0. The molecule has 0 aliphatic rings. The summed E-state index contributed by atoms with van der Waals surface area (Å²) in [6, 6.07) is 19.0. The van der Waals surface area contributed by atoms with Crippen LogP contribution in [0.1, 0.15) is 18.9 Å². The van der Waals surface area contributed by atoms with Crippen molar-refractivity contribution < 1.29 is 14.3 Å². The van der Waals surface area contributed by atoms with Gasteiger partial charge in [-0.2, -0.15) is 0 Å². The number of ether oxygens (including phenoxy) is 1. The first-order chi connectivity index (χ1) is 16.0. The summed E-state index contributed by atoms with van der Waals surface area (Å²) in [6.07, 6.45) is 1.40.